The Bertz CT molecular complexity index is 577. The van der Waals surface area contributed by atoms with E-state index in [0.29, 0.717) is 19.3 Å². The van der Waals surface area contributed by atoms with E-state index >= 15 is 0 Å². The Hall–Kier alpha value is -1.47. The molecule has 0 bridgehead atoms. The van der Waals surface area contributed by atoms with Gasteiger partial charge < -0.3 is 15.2 Å². The maximum Gasteiger partial charge on any atom is 0.308 e. The summed E-state index contributed by atoms with van der Waals surface area (Å²) >= 11 is 1.59. The summed E-state index contributed by atoms with van der Waals surface area (Å²) in [6.07, 6.45) is 1.21. The first-order valence-electron chi connectivity index (χ1n) is 7.79. The smallest absolute Gasteiger partial charge is 0.308 e. The maximum absolute atomic E-state index is 12.2. The van der Waals surface area contributed by atoms with Crippen molar-refractivity contribution >= 4 is 23.2 Å². The Morgan fingerprint density at radius 3 is 2.65 bits per heavy atom. The van der Waals surface area contributed by atoms with Crippen molar-refractivity contribution in [1.82, 2.24) is 10.3 Å². The Morgan fingerprint density at radius 2 is 2.13 bits per heavy atom. The highest BCUT2D eigenvalue weighted by atomic mass is 32.1. The van der Waals surface area contributed by atoms with Crippen LogP contribution in [0, 0.1) is 19.8 Å². The Morgan fingerprint density at radius 1 is 1.43 bits per heavy atom. The molecule has 1 aromatic heterocycles. The number of ether oxygens (including phenoxy) is 1. The molecular weight excluding hydrogens is 316 g/mol. The van der Waals surface area contributed by atoms with Crippen molar-refractivity contribution in [2.75, 3.05) is 6.61 Å². The lowest BCUT2D eigenvalue weighted by Gasteiger charge is -2.24. The molecule has 2 atom stereocenters. The molecule has 0 spiro atoms. The number of nitrogens with one attached hydrogen (secondary N) is 1. The number of amides is 1. The molecular formula is C16H24N2O4S. The minimum Gasteiger partial charge on any atom is -0.481 e. The number of aryl methyl sites for hydroxylation is 2. The zero-order valence-corrected chi connectivity index (χ0v) is 14.8. The van der Waals surface area contributed by atoms with Crippen molar-refractivity contribution in [2.24, 2.45) is 5.92 Å². The zero-order chi connectivity index (χ0) is 17.2. The van der Waals surface area contributed by atoms with Crippen molar-refractivity contribution in [1.29, 1.82) is 0 Å². The van der Waals surface area contributed by atoms with Gasteiger partial charge in [-0.1, -0.05) is 0 Å². The minimum absolute atomic E-state index is 0.0668. The first-order chi connectivity index (χ1) is 10.7. The summed E-state index contributed by atoms with van der Waals surface area (Å²) in [4.78, 5) is 28.8. The molecule has 1 aliphatic rings. The normalized spacial score (nSPS) is 21.4. The van der Waals surface area contributed by atoms with Crippen molar-refractivity contribution < 1.29 is 19.4 Å². The summed E-state index contributed by atoms with van der Waals surface area (Å²) in [6, 6.07) is 0. The lowest BCUT2D eigenvalue weighted by Crippen LogP contribution is -2.41. The monoisotopic (exact) mass is 340 g/mol. The third kappa shape index (κ3) is 4.51. The second-order valence-electron chi connectivity index (χ2n) is 6.60. The third-order valence-corrected chi connectivity index (χ3v) is 5.53. The van der Waals surface area contributed by atoms with E-state index in [1.54, 1.807) is 11.3 Å². The number of carboxylic acid groups (broad SMARTS) is 1. The van der Waals surface area contributed by atoms with Crippen LogP contribution in [0.15, 0.2) is 0 Å². The molecule has 0 aromatic carbocycles. The van der Waals surface area contributed by atoms with Crippen molar-refractivity contribution in [3.8, 4) is 0 Å². The quantitative estimate of drug-likeness (QED) is 0.830. The summed E-state index contributed by atoms with van der Waals surface area (Å²) in [5.74, 6) is -1.34. The lowest BCUT2D eigenvalue weighted by atomic mass is 10.0. The van der Waals surface area contributed by atoms with Crippen LogP contribution in [0.1, 0.15) is 48.7 Å². The van der Waals surface area contributed by atoms with Gasteiger partial charge in [-0.3, -0.25) is 9.59 Å². The van der Waals surface area contributed by atoms with Gasteiger partial charge in [0.25, 0.3) is 0 Å². The van der Waals surface area contributed by atoms with Crippen LogP contribution in [-0.2, 0) is 19.9 Å². The molecule has 1 aromatic rings. The van der Waals surface area contributed by atoms with E-state index in [1.807, 2.05) is 27.7 Å². The van der Waals surface area contributed by atoms with Gasteiger partial charge in [0.15, 0.2) is 0 Å². The van der Waals surface area contributed by atoms with Crippen LogP contribution in [0.25, 0.3) is 0 Å². The van der Waals surface area contributed by atoms with Gasteiger partial charge in [0.2, 0.25) is 5.91 Å². The Kier molecular flexibility index (Phi) is 5.41. The van der Waals surface area contributed by atoms with Gasteiger partial charge >= 0.3 is 5.97 Å². The highest BCUT2D eigenvalue weighted by Crippen LogP contribution is 2.28. The van der Waals surface area contributed by atoms with Crippen LogP contribution in [0.3, 0.4) is 0 Å². The number of carbonyl (C=O) groups is 2. The third-order valence-electron chi connectivity index (χ3n) is 4.14. The number of aliphatic carboxylic acids is 1. The molecule has 2 rings (SSSR count). The van der Waals surface area contributed by atoms with E-state index in [1.165, 1.54) is 0 Å². The number of hydrogen-bond donors (Lipinski definition) is 2. The van der Waals surface area contributed by atoms with Gasteiger partial charge in [-0.05, 0) is 40.5 Å². The van der Waals surface area contributed by atoms with Gasteiger partial charge in [0.05, 0.1) is 29.9 Å². The number of carboxylic acids is 1. The van der Waals surface area contributed by atoms with Crippen LogP contribution >= 0.6 is 11.3 Å². The molecule has 0 saturated carbocycles. The summed E-state index contributed by atoms with van der Waals surface area (Å²) in [5.41, 5.74) is 0.479. The van der Waals surface area contributed by atoms with E-state index < -0.39 is 17.4 Å². The minimum atomic E-state index is -0.826. The largest absolute Gasteiger partial charge is 0.481 e. The van der Waals surface area contributed by atoms with Crippen LogP contribution in [0.5, 0.6) is 0 Å². The Balaban J connectivity index is 1.83. The maximum atomic E-state index is 12.2. The average molecular weight is 340 g/mol. The van der Waals surface area contributed by atoms with Gasteiger partial charge in [0, 0.05) is 11.3 Å². The van der Waals surface area contributed by atoms with Crippen LogP contribution in [0.4, 0.5) is 0 Å². The summed E-state index contributed by atoms with van der Waals surface area (Å²) in [7, 11) is 0. The van der Waals surface area contributed by atoms with Crippen molar-refractivity contribution in [3.05, 3.63) is 15.6 Å². The zero-order valence-electron chi connectivity index (χ0n) is 14.0. The second-order valence-corrected chi connectivity index (χ2v) is 7.80. The van der Waals surface area contributed by atoms with Crippen LogP contribution in [0.2, 0.25) is 0 Å². The highest BCUT2D eigenvalue weighted by Gasteiger charge is 2.31. The topological polar surface area (TPSA) is 88.5 Å². The van der Waals surface area contributed by atoms with Gasteiger partial charge in [-0.25, -0.2) is 4.98 Å². The van der Waals surface area contributed by atoms with Gasteiger partial charge in [-0.2, -0.15) is 0 Å². The number of nitrogens with zero attached hydrogens (tertiary/aromatic N) is 1. The first-order valence-corrected chi connectivity index (χ1v) is 8.60. The number of aromatic nitrogens is 1. The molecule has 23 heavy (non-hydrogen) atoms. The fraction of sp³-hybridized carbons (Fsp3) is 0.688. The summed E-state index contributed by atoms with van der Waals surface area (Å²) in [6.45, 7) is 8.10. The number of carbonyl (C=O) groups excluding carboxylic acids is 1. The molecule has 0 unspecified atom stereocenters. The molecule has 2 N–H and O–H groups in total. The number of thiazole rings is 1. The van der Waals surface area contributed by atoms with Crippen molar-refractivity contribution in [2.45, 2.75) is 58.6 Å². The summed E-state index contributed by atoms with van der Waals surface area (Å²) < 4.78 is 5.44. The molecule has 1 saturated heterocycles. The highest BCUT2D eigenvalue weighted by molar-refractivity contribution is 7.11. The second kappa shape index (κ2) is 6.97. The molecule has 6 nitrogen and oxygen atoms in total. The molecule has 0 radical (unpaired) electrons. The molecule has 1 aliphatic heterocycles. The molecule has 0 aliphatic carbocycles. The van der Waals surface area contributed by atoms with E-state index in [0.717, 1.165) is 15.6 Å². The van der Waals surface area contributed by atoms with E-state index in [-0.39, 0.29) is 18.6 Å². The standard InChI is InChI=1S/C16H24N2O4S/c1-9-10(2)23-15(17-9)16(3,4)18-13(19)6-5-12-7-11(8-22-12)14(20)21/h11-12H,5-8H2,1-4H3,(H,18,19)(H,20,21)/t11-,12+/m0/s1. The fourth-order valence-corrected chi connectivity index (χ4v) is 3.55. The van der Waals surface area contributed by atoms with Crippen LogP contribution in [-0.4, -0.2) is 34.7 Å². The fourth-order valence-electron chi connectivity index (χ4n) is 2.58. The summed E-state index contributed by atoms with van der Waals surface area (Å²) in [5, 5.41) is 12.8. The molecule has 7 heteroatoms. The molecule has 2 heterocycles. The predicted molar refractivity (Wildman–Crippen MR) is 87.5 cm³/mol. The first kappa shape index (κ1) is 17.9. The van der Waals surface area contributed by atoms with Crippen molar-refractivity contribution in [3.63, 3.8) is 0 Å². The number of hydrogen-bond acceptors (Lipinski definition) is 5. The van der Waals surface area contributed by atoms with E-state index in [2.05, 4.69) is 10.3 Å². The predicted octanol–water partition coefficient (Wildman–Crippen LogP) is 2.38. The van der Waals surface area contributed by atoms with Crippen LogP contribution < -0.4 is 5.32 Å². The lowest BCUT2D eigenvalue weighted by molar-refractivity contribution is -0.141. The molecule has 1 fully saturated rings. The van der Waals surface area contributed by atoms with E-state index in [9.17, 15) is 9.59 Å². The van der Waals surface area contributed by atoms with E-state index in [4.69, 9.17) is 9.84 Å². The number of rotatable bonds is 6. The SMILES string of the molecule is Cc1nc(C(C)(C)NC(=O)CC[C@@H]2C[C@H](C(=O)O)CO2)sc1C. The van der Waals surface area contributed by atoms with Gasteiger partial charge in [-0.15, -0.1) is 11.3 Å². The molecule has 128 valence electrons. The Labute approximate surface area is 140 Å². The molecule has 1 amide bonds. The van der Waals surface area contributed by atoms with Gasteiger partial charge in [0.1, 0.15) is 5.01 Å². The average Bonchev–Trinajstić information content (AvgIpc) is 3.04.